The highest BCUT2D eigenvalue weighted by atomic mass is 19.1. The number of methoxy groups -OCH3 is 1. The smallest absolute Gasteiger partial charge is 0.371 e. The maximum Gasteiger partial charge on any atom is 0.371 e. The SMILES string of the molecule is COc1cccc(F)c1C(=O)c1ccc(C(=O)O)o1. The van der Waals surface area contributed by atoms with Gasteiger partial charge in [-0.2, -0.15) is 0 Å². The van der Waals surface area contributed by atoms with E-state index in [0.29, 0.717) is 0 Å². The largest absolute Gasteiger partial charge is 0.496 e. The number of furan rings is 1. The number of carbonyl (C=O) groups excluding carboxylic acids is 1. The molecule has 0 aliphatic heterocycles. The molecule has 1 aromatic heterocycles. The highest BCUT2D eigenvalue weighted by Gasteiger charge is 2.23. The summed E-state index contributed by atoms with van der Waals surface area (Å²) in [5, 5.41) is 8.70. The van der Waals surface area contributed by atoms with Crippen molar-refractivity contribution in [3.05, 3.63) is 53.2 Å². The van der Waals surface area contributed by atoms with Gasteiger partial charge in [0.25, 0.3) is 0 Å². The predicted octanol–water partition coefficient (Wildman–Crippen LogP) is 2.36. The van der Waals surface area contributed by atoms with Crippen LogP contribution in [0.15, 0.2) is 34.7 Å². The fourth-order valence-electron chi connectivity index (χ4n) is 1.59. The molecule has 2 aromatic rings. The molecule has 0 aliphatic carbocycles. The molecule has 0 aliphatic rings. The highest BCUT2D eigenvalue weighted by molar-refractivity contribution is 6.09. The average Bonchev–Trinajstić information content (AvgIpc) is 2.87. The molecule has 0 amide bonds. The van der Waals surface area contributed by atoms with Crippen LogP contribution >= 0.6 is 0 Å². The second-order valence-corrected chi connectivity index (χ2v) is 3.62. The van der Waals surface area contributed by atoms with Crippen molar-refractivity contribution in [1.82, 2.24) is 0 Å². The van der Waals surface area contributed by atoms with E-state index in [2.05, 4.69) is 0 Å². The Kier molecular flexibility index (Phi) is 3.33. The van der Waals surface area contributed by atoms with Gasteiger partial charge in [0, 0.05) is 0 Å². The molecule has 0 fully saturated rings. The van der Waals surface area contributed by atoms with Gasteiger partial charge in [-0.05, 0) is 24.3 Å². The number of halogens is 1. The van der Waals surface area contributed by atoms with Crippen molar-refractivity contribution in [3.63, 3.8) is 0 Å². The van der Waals surface area contributed by atoms with Gasteiger partial charge in [0.05, 0.1) is 7.11 Å². The molecule has 1 heterocycles. The molecule has 0 radical (unpaired) electrons. The van der Waals surface area contributed by atoms with Gasteiger partial charge in [-0.15, -0.1) is 0 Å². The Morgan fingerprint density at radius 1 is 1.21 bits per heavy atom. The molecule has 0 bridgehead atoms. The molecule has 19 heavy (non-hydrogen) atoms. The second-order valence-electron chi connectivity index (χ2n) is 3.62. The van der Waals surface area contributed by atoms with Crippen LogP contribution in [0.3, 0.4) is 0 Å². The van der Waals surface area contributed by atoms with E-state index >= 15 is 0 Å². The zero-order chi connectivity index (χ0) is 14.0. The van der Waals surface area contributed by atoms with Crippen LogP contribution in [0.1, 0.15) is 26.7 Å². The summed E-state index contributed by atoms with van der Waals surface area (Å²) in [6.45, 7) is 0. The number of hydrogen-bond donors (Lipinski definition) is 1. The van der Waals surface area contributed by atoms with Crippen LogP contribution in [-0.2, 0) is 0 Å². The second kappa shape index (κ2) is 4.93. The molecule has 0 saturated heterocycles. The summed E-state index contributed by atoms with van der Waals surface area (Å²) in [5.74, 6) is -3.45. The maximum atomic E-state index is 13.7. The molecule has 0 spiro atoms. The first kappa shape index (κ1) is 12.8. The third-order valence-electron chi connectivity index (χ3n) is 2.46. The molecule has 5 nitrogen and oxygen atoms in total. The minimum absolute atomic E-state index is 0.0540. The first-order valence-corrected chi connectivity index (χ1v) is 5.25. The lowest BCUT2D eigenvalue weighted by molar-refractivity contribution is 0.0660. The predicted molar refractivity (Wildman–Crippen MR) is 62.1 cm³/mol. The summed E-state index contributed by atoms with van der Waals surface area (Å²) in [5.41, 5.74) is -0.295. The monoisotopic (exact) mass is 264 g/mol. The molecule has 0 saturated carbocycles. The number of hydrogen-bond acceptors (Lipinski definition) is 4. The van der Waals surface area contributed by atoms with Gasteiger partial charge in [0.15, 0.2) is 5.76 Å². The van der Waals surface area contributed by atoms with Gasteiger partial charge in [0.2, 0.25) is 11.5 Å². The Morgan fingerprint density at radius 2 is 1.89 bits per heavy atom. The zero-order valence-electron chi connectivity index (χ0n) is 9.84. The van der Waals surface area contributed by atoms with Gasteiger partial charge in [-0.25, -0.2) is 9.18 Å². The van der Waals surface area contributed by atoms with Crippen LogP contribution in [0.5, 0.6) is 5.75 Å². The highest BCUT2D eigenvalue weighted by Crippen LogP contribution is 2.25. The van der Waals surface area contributed by atoms with Crippen LogP contribution in [-0.4, -0.2) is 24.0 Å². The van der Waals surface area contributed by atoms with Gasteiger partial charge in [0.1, 0.15) is 17.1 Å². The normalized spacial score (nSPS) is 10.2. The zero-order valence-corrected chi connectivity index (χ0v) is 9.84. The van der Waals surface area contributed by atoms with Crippen molar-refractivity contribution < 1.29 is 28.2 Å². The fraction of sp³-hybridized carbons (Fsp3) is 0.0769. The Hall–Kier alpha value is -2.63. The summed E-state index contributed by atoms with van der Waals surface area (Å²) in [6, 6.07) is 6.24. The molecule has 1 N–H and O–H groups in total. The van der Waals surface area contributed by atoms with Crippen LogP contribution in [0, 0.1) is 5.82 Å². The summed E-state index contributed by atoms with van der Waals surface area (Å²) in [6.07, 6.45) is 0. The van der Waals surface area contributed by atoms with E-state index in [4.69, 9.17) is 14.3 Å². The topological polar surface area (TPSA) is 76.7 Å². The lowest BCUT2D eigenvalue weighted by Crippen LogP contribution is -2.06. The lowest BCUT2D eigenvalue weighted by Gasteiger charge is -2.06. The molecule has 1 aromatic carbocycles. The molecule has 2 rings (SSSR count). The third kappa shape index (κ3) is 2.33. The van der Waals surface area contributed by atoms with Crippen molar-refractivity contribution in [2.45, 2.75) is 0 Å². The van der Waals surface area contributed by atoms with Gasteiger partial charge in [-0.1, -0.05) is 6.07 Å². The fourth-order valence-corrected chi connectivity index (χ4v) is 1.59. The number of aromatic carboxylic acids is 1. The van der Waals surface area contributed by atoms with Crippen molar-refractivity contribution in [2.24, 2.45) is 0 Å². The van der Waals surface area contributed by atoms with Gasteiger partial charge < -0.3 is 14.3 Å². The first-order valence-electron chi connectivity index (χ1n) is 5.25. The Balaban J connectivity index is 2.46. The van der Waals surface area contributed by atoms with Crippen LogP contribution < -0.4 is 4.74 Å². The summed E-state index contributed by atoms with van der Waals surface area (Å²) < 4.78 is 23.4. The van der Waals surface area contributed by atoms with E-state index in [-0.39, 0.29) is 17.1 Å². The van der Waals surface area contributed by atoms with Crippen LogP contribution in [0.25, 0.3) is 0 Å². The summed E-state index contributed by atoms with van der Waals surface area (Å²) in [4.78, 5) is 22.7. The average molecular weight is 264 g/mol. The molecule has 6 heteroatoms. The number of carbonyl (C=O) groups is 2. The number of ketones is 1. The van der Waals surface area contributed by atoms with E-state index in [1.54, 1.807) is 0 Å². The molecule has 98 valence electrons. The minimum atomic E-state index is -1.31. The Labute approximate surface area is 107 Å². The number of ether oxygens (including phenoxy) is 1. The standard InChI is InChI=1S/C13H9FO5/c1-18-8-4-2-3-7(14)11(8)12(15)9-5-6-10(19-9)13(16)17/h2-6H,1H3,(H,16,17). The van der Waals surface area contributed by atoms with Crippen molar-refractivity contribution in [1.29, 1.82) is 0 Å². The molecule has 0 unspecified atom stereocenters. The van der Waals surface area contributed by atoms with E-state index < -0.39 is 23.3 Å². The third-order valence-corrected chi connectivity index (χ3v) is 2.46. The number of carboxylic acids is 1. The van der Waals surface area contributed by atoms with Crippen molar-refractivity contribution in [3.8, 4) is 5.75 Å². The van der Waals surface area contributed by atoms with E-state index in [1.165, 1.54) is 25.3 Å². The summed E-state index contributed by atoms with van der Waals surface area (Å²) >= 11 is 0. The Bertz CT molecular complexity index is 644. The molecular formula is C13H9FO5. The molecular weight excluding hydrogens is 255 g/mol. The summed E-state index contributed by atoms with van der Waals surface area (Å²) in [7, 11) is 1.30. The maximum absolute atomic E-state index is 13.7. The van der Waals surface area contributed by atoms with E-state index in [0.717, 1.165) is 12.1 Å². The lowest BCUT2D eigenvalue weighted by atomic mass is 10.1. The number of rotatable bonds is 4. The van der Waals surface area contributed by atoms with Gasteiger partial charge >= 0.3 is 5.97 Å². The first-order chi connectivity index (χ1) is 9.04. The van der Waals surface area contributed by atoms with Crippen LogP contribution in [0.4, 0.5) is 4.39 Å². The number of benzene rings is 1. The van der Waals surface area contributed by atoms with E-state index in [9.17, 15) is 14.0 Å². The van der Waals surface area contributed by atoms with Crippen molar-refractivity contribution in [2.75, 3.05) is 7.11 Å². The van der Waals surface area contributed by atoms with Crippen LogP contribution in [0.2, 0.25) is 0 Å². The number of carboxylic acid groups (broad SMARTS) is 1. The van der Waals surface area contributed by atoms with Crippen molar-refractivity contribution >= 4 is 11.8 Å². The Morgan fingerprint density at radius 3 is 2.47 bits per heavy atom. The molecule has 0 atom stereocenters. The van der Waals surface area contributed by atoms with Gasteiger partial charge in [-0.3, -0.25) is 4.79 Å². The van der Waals surface area contributed by atoms with E-state index in [1.807, 2.05) is 0 Å². The quantitative estimate of drug-likeness (QED) is 0.858. The minimum Gasteiger partial charge on any atom is -0.496 e.